The Morgan fingerprint density at radius 2 is 2.14 bits per heavy atom. The highest BCUT2D eigenvalue weighted by Crippen LogP contribution is 2.31. The lowest BCUT2D eigenvalue weighted by molar-refractivity contribution is 0.627. The molecule has 0 fully saturated rings. The van der Waals surface area contributed by atoms with Gasteiger partial charge in [-0.05, 0) is 31.5 Å². The third-order valence-electron chi connectivity index (χ3n) is 2.43. The van der Waals surface area contributed by atoms with Gasteiger partial charge in [-0.2, -0.15) is 0 Å². The molecule has 1 aromatic rings. The molecule has 1 heterocycles. The van der Waals surface area contributed by atoms with E-state index in [-0.39, 0.29) is 5.82 Å². The highest BCUT2D eigenvalue weighted by Gasteiger charge is 2.26. The Bertz CT molecular complexity index is 387. The summed E-state index contributed by atoms with van der Waals surface area (Å²) >= 11 is 5.27. The molecule has 1 aliphatic heterocycles. The van der Waals surface area contributed by atoms with Crippen LogP contribution in [0.2, 0.25) is 0 Å². The minimum absolute atomic E-state index is 0.195. The molecule has 0 aromatic heterocycles. The number of thiocarbonyl (C=S) groups is 1. The van der Waals surface area contributed by atoms with E-state index in [2.05, 4.69) is 13.8 Å². The van der Waals surface area contributed by atoms with E-state index in [0.29, 0.717) is 6.04 Å². The molecule has 0 N–H and O–H groups in total. The lowest BCUT2D eigenvalue weighted by atomic mass is 10.1. The Morgan fingerprint density at radius 1 is 1.43 bits per heavy atom. The van der Waals surface area contributed by atoms with Crippen LogP contribution in [-0.2, 0) is 6.42 Å². The van der Waals surface area contributed by atoms with Crippen molar-refractivity contribution in [2.24, 2.45) is 0 Å². The highest BCUT2D eigenvalue weighted by molar-refractivity contribution is 7.80. The van der Waals surface area contributed by atoms with Gasteiger partial charge in [0.1, 0.15) is 5.82 Å². The minimum atomic E-state index is -0.195. The summed E-state index contributed by atoms with van der Waals surface area (Å²) in [6, 6.07) is 5.17. The predicted molar refractivity (Wildman–Crippen MR) is 60.3 cm³/mol. The Balaban J connectivity index is 2.50. The average Bonchev–Trinajstić information content (AvgIpc) is 2.40. The molecule has 0 amide bonds. The van der Waals surface area contributed by atoms with Crippen molar-refractivity contribution >= 4 is 22.9 Å². The van der Waals surface area contributed by atoms with E-state index in [0.717, 1.165) is 22.7 Å². The summed E-state index contributed by atoms with van der Waals surface area (Å²) < 4.78 is 13.1. The van der Waals surface area contributed by atoms with Crippen molar-refractivity contribution in [2.45, 2.75) is 26.3 Å². The monoisotopic (exact) mass is 209 g/mol. The van der Waals surface area contributed by atoms with Crippen LogP contribution in [0.15, 0.2) is 18.2 Å². The standard InChI is InChI=1S/C11H12FNS/c1-7(2)13-10-6-9(12)4-3-8(10)5-11(13)14/h3-4,6-7H,5H2,1-2H3. The Kier molecular flexibility index (Phi) is 2.27. The third-order valence-corrected chi connectivity index (χ3v) is 2.77. The quantitative estimate of drug-likeness (QED) is 0.654. The molecule has 0 aliphatic carbocycles. The first kappa shape index (κ1) is 9.59. The lowest BCUT2D eigenvalue weighted by Crippen LogP contribution is -2.32. The van der Waals surface area contributed by atoms with Crippen LogP contribution in [0.3, 0.4) is 0 Å². The van der Waals surface area contributed by atoms with Crippen LogP contribution in [0, 0.1) is 5.82 Å². The second-order valence-corrected chi connectivity index (χ2v) is 4.28. The van der Waals surface area contributed by atoms with Crippen LogP contribution in [0.4, 0.5) is 10.1 Å². The molecule has 3 heteroatoms. The van der Waals surface area contributed by atoms with Crippen molar-refractivity contribution in [1.29, 1.82) is 0 Å². The van der Waals surface area contributed by atoms with E-state index in [1.807, 2.05) is 11.0 Å². The molecule has 0 radical (unpaired) electrons. The normalized spacial score (nSPS) is 15.1. The van der Waals surface area contributed by atoms with Gasteiger partial charge >= 0.3 is 0 Å². The molecule has 1 aliphatic rings. The number of rotatable bonds is 1. The predicted octanol–water partition coefficient (Wildman–Crippen LogP) is 2.92. The van der Waals surface area contributed by atoms with Crippen molar-refractivity contribution in [3.8, 4) is 0 Å². The van der Waals surface area contributed by atoms with Crippen LogP contribution in [0.5, 0.6) is 0 Å². The van der Waals surface area contributed by atoms with E-state index in [9.17, 15) is 4.39 Å². The van der Waals surface area contributed by atoms with Gasteiger partial charge in [0, 0.05) is 18.2 Å². The second-order valence-electron chi connectivity index (χ2n) is 3.81. The van der Waals surface area contributed by atoms with Crippen LogP contribution in [0.25, 0.3) is 0 Å². The molecule has 74 valence electrons. The average molecular weight is 209 g/mol. The molecule has 0 atom stereocenters. The number of hydrogen-bond acceptors (Lipinski definition) is 1. The van der Waals surface area contributed by atoms with Gasteiger partial charge in [-0.3, -0.25) is 0 Å². The van der Waals surface area contributed by atoms with E-state index >= 15 is 0 Å². The van der Waals surface area contributed by atoms with Gasteiger partial charge in [-0.25, -0.2) is 4.39 Å². The molecule has 0 bridgehead atoms. The van der Waals surface area contributed by atoms with Crippen LogP contribution >= 0.6 is 12.2 Å². The Labute approximate surface area is 88.5 Å². The van der Waals surface area contributed by atoms with Crippen LogP contribution in [0.1, 0.15) is 19.4 Å². The minimum Gasteiger partial charge on any atom is -0.333 e. The smallest absolute Gasteiger partial charge is 0.125 e. The number of nitrogens with zero attached hydrogens (tertiary/aromatic N) is 1. The maximum absolute atomic E-state index is 13.1. The van der Waals surface area contributed by atoms with Gasteiger partial charge in [-0.15, -0.1) is 0 Å². The van der Waals surface area contributed by atoms with Gasteiger partial charge in [0.2, 0.25) is 0 Å². The van der Waals surface area contributed by atoms with Crippen molar-refractivity contribution in [1.82, 2.24) is 0 Å². The molecule has 14 heavy (non-hydrogen) atoms. The fourth-order valence-electron chi connectivity index (χ4n) is 1.86. The first-order chi connectivity index (χ1) is 6.59. The summed E-state index contributed by atoms with van der Waals surface area (Å²) in [5, 5.41) is 0. The van der Waals surface area contributed by atoms with Gasteiger partial charge in [0.15, 0.2) is 0 Å². The van der Waals surface area contributed by atoms with Crippen LogP contribution in [-0.4, -0.2) is 11.0 Å². The topological polar surface area (TPSA) is 3.24 Å². The molecule has 0 saturated carbocycles. The lowest BCUT2D eigenvalue weighted by Gasteiger charge is -2.23. The van der Waals surface area contributed by atoms with Crippen molar-refractivity contribution in [3.05, 3.63) is 29.6 Å². The number of halogens is 1. The SMILES string of the molecule is CC(C)N1C(=S)Cc2ccc(F)cc21. The molecular formula is C11H12FNS. The first-order valence-electron chi connectivity index (χ1n) is 4.70. The summed E-state index contributed by atoms with van der Waals surface area (Å²) in [6.45, 7) is 4.12. The fraction of sp³-hybridized carbons (Fsp3) is 0.364. The maximum atomic E-state index is 13.1. The summed E-state index contributed by atoms with van der Waals surface area (Å²) in [5.41, 5.74) is 2.06. The number of hydrogen-bond donors (Lipinski definition) is 0. The van der Waals surface area contributed by atoms with E-state index in [1.165, 1.54) is 6.07 Å². The van der Waals surface area contributed by atoms with Crippen molar-refractivity contribution in [2.75, 3.05) is 4.90 Å². The Hall–Kier alpha value is -0.960. The largest absolute Gasteiger partial charge is 0.333 e. The zero-order valence-electron chi connectivity index (χ0n) is 8.25. The highest BCUT2D eigenvalue weighted by atomic mass is 32.1. The Morgan fingerprint density at radius 3 is 2.79 bits per heavy atom. The van der Waals surface area contributed by atoms with Crippen LogP contribution < -0.4 is 4.90 Å². The zero-order chi connectivity index (χ0) is 10.3. The van der Waals surface area contributed by atoms with Crippen molar-refractivity contribution < 1.29 is 4.39 Å². The molecule has 0 saturated heterocycles. The number of fused-ring (bicyclic) bond motifs is 1. The number of anilines is 1. The van der Waals surface area contributed by atoms with Gasteiger partial charge in [0.05, 0.1) is 4.99 Å². The van der Waals surface area contributed by atoms with Gasteiger partial charge in [-0.1, -0.05) is 18.3 Å². The summed E-state index contributed by atoms with van der Waals surface area (Å²) in [5.74, 6) is -0.195. The molecule has 0 spiro atoms. The fourth-order valence-corrected chi connectivity index (χ4v) is 2.32. The molecular weight excluding hydrogens is 197 g/mol. The zero-order valence-corrected chi connectivity index (χ0v) is 9.07. The summed E-state index contributed by atoms with van der Waals surface area (Å²) in [6.07, 6.45) is 0.767. The summed E-state index contributed by atoms with van der Waals surface area (Å²) in [7, 11) is 0. The van der Waals surface area contributed by atoms with Gasteiger partial charge < -0.3 is 4.90 Å². The molecule has 1 nitrogen and oxygen atoms in total. The summed E-state index contributed by atoms with van der Waals surface area (Å²) in [4.78, 5) is 2.91. The van der Waals surface area contributed by atoms with Gasteiger partial charge in [0.25, 0.3) is 0 Å². The van der Waals surface area contributed by atoms with E-state index < -0.39 is 0 Å². The molecule has 0 unspecified atom stereocenters. The number of benzene rings is 1. The molecule has 1 aromatic carbocycles. The third kappa shape index (κ3) is 1.42. The molecule has 2 rings (SSSR count). The second kappa shape index (κ2) is 3.31. The van der Waals surface area contributed by atoms with Crippen molar-refractivity contribution in [3.63, 3.8) is 0 Å². The first-order valence-corrected chi connectivity index (χ1v) is 5.11. The van der Waals surface area contributed by atoms with E-state index in [4.69, 9.17) is 12.2 Å². The maximum Gasteiger partial charge on any atom is 0.125 e. The van der Waals surface area contributed by atoms with E-state index in [1.54, 1.807) is 6.07 Å².